The van der Waals surface area contributed by atoms with Crippen molar-refractivity contribution in [2.24, 2.45) is 5.92 Å². The number of anilines is 1. The van der Waals surface area contributed by atoms with Crippen molar-refractivity contribution < 1.29 is 9.32 Å². The molecule has 0 fully saturated rings. The number of rotatable bonds is 6. The van der Waals surface area contributed by atoms with Crippen LogP contribution in [-0.2, 0) is 19.5 Å². The van der Waals surface area contributed by atoms with E-state index in [0.29, 0.717) is 23.3 Å². The van der Waals surface area contributed by atoms with Crippen molar-refractivity contribution >= 4 is 11.7 Å². The lowest BCUT2D eigenvalue weighted by Gasteiger charge is -2.15. The number of nitrogens with zero attached hydrogens (tertiary/aromatic N) is 5. The maximum Gasteiger partial charge on any atom is 0.322 e. The maximum absolute atomic E-state index is 12.2. The Morgan fingerprint density at radius 3 is 2.83 bits per heavy atom. The molecule has 2 heterocycles. The van der Waals surface area contributed by atoms with Gasteiger partial charge in [0.05, 0.1) is 11.4 Å². The number of amides is 2. The van der Waals surface area contributed by atoms with Crippen molar-refractivity contribution in [3.05, 3.63) is 23.6 Å². The van der Waals surface area contributed by atoms with Crippen molar-refractivity contribution in [1.82, 2.24) is 24.8 Å². The number of hydrogen-bond acceptors (Lipinski definition) is 5. The van der Waals surface area contributed by atoms with Gasteiger partial charge in [0.2, 0.25) is 5.89 Å². The monoisotopic (exact) mass is 320 g/mol. The average Bonchev–Trinajstić information content (AvgIpc) is 3.05. The van der Waals surface area contributed by atoms with Crippen LogP contribution >= 0.6 is 0 Å². The first-order chi connectivity index (χ1) is 10.9. The molecule has 0 aliphatic carbocycles. The second kappa shape index (κ2) is 7.26. The molecule has 0 bridgehead atoms. The molecule has 1 N–H and O–H groups in total. The summed E-state index contributed by atoms with van der Waals surface area (Å²) in [5.74, 6) is 1.56. The van der Waals surface area contributed by atoms with Crippen molar-refractivity contribution in [1.29, 1.82) is 0 Å². The zero-order chi connectivity index (χ0) is 17.0. The molecule has 0 aromatic carbocycles. The van der Waals surface area contributed by atoms with Crippen LogP contribution in [0, 0.1) is 12.8 Å². The minimum atomic E-state index is -0.243. The van der Waals surface area contributed by atoms with E-state index >= 15 is 0 Å². The highest BCUT2D eigenvalue weighted by molar-refractivity contribution is 5.89. The van der Waals surface area contributed by atoms with Crippen molar-refractivity contribution in [3.63, 3.8) is 0 Å². The summed E-state index contributed by atoms with van der Waals surface area (Å²) in [5.41, 5.74) is 1.49. The van der Waals surface area contributed by atoms with Crippen LogP contribution in [0.5, 0.6) is 0 Å². The van der Waals surface area contributed by atoms with Crippen LogP contribution in [0.3, 0.4) is 0 Å². The molecule has 0 atom stereocenters. The van der Waals surface area contributed by atoms with Crippen molar-refractivity contribution in [3.8, 4) is 0 Å². The summed E-state index contributed by atoms with van der Waals surface area (Å²) >= 11 is 0. The topological polar surface area (TPSA) is 89.1 Å². The third kappa shape index (κ3) is 4.54. The highest BCUT2D eigenvalue weighted by Crippen LogP contribution is 2.13. The third-order valence-electron chi connectivity index (χ3n) is 3.33. The van der Waals surface area contributed by atoms with E-state index in [1.54, 1.807) is 11.7 Å². The standard InChI is InChI=1S/C15H24N6O2/c1-6-21-8-12(11(4)18-21)16-15(22)20(5)9-14-17-13(19-23-14)7-10(2)3/h8,10H,6-7,9H2,1-5H3,(H,16,22). The van der Waals surface area contributed by atoms with Gasteiger partial charge in [-0.15, -0.1) is 0 Å². The van der Waals surface area contributed by atoms with Gasteiger partial charge < -0.3 is 14.7 Å². The molecule has 0 unspecified atom stereocenters. The lowest BCUT2D eigenvalue weighted by atomic mass is 10.1. The van der Waals surface area contributed by atoms with E-state index in [-0.39, 0.29) is 12.6 Å². The van der Waals surface area contributed by atoms with Gasteiger partial charge in [0.15, 0.2) is 5.82 Å². The minimum Gasteiger partial charge on any atom is -0.337 e. The van der Waals surface area contributed by atoms with Crippen LogP contribution in [0.1, 0.15) is 38.2 Å². The highest BCUT2D eigenvalue weighted by atomic mass is 16.5. The normalized spacial score (nSPS) is 11.0. The molecule has 0 saturated carbocycles. The lowest BCUT2D eigenvalue weighted by Crippen LogP contribution is -2.31. The summed E-state index contributed by atoms with van der Waals surface area (Å²) in [6.07, 6.45) is 2.57. The number of carbonyl (C=O) groups is 1. The van der Waals surface area contributed by atoms with E-state index in [2.05, 4.69) is 34.4 Å². The molecule has 0 aliphatic rings. The first-order valence-electron chi connectivity index (χ1n) is 7.76. The predicted octanol–water partition coefficient (Wildman–Crippen LogP) is 2.46. The summed E-state index contributed by atoms with van der Waals surface area (Å²) in [4.78, 5) is 18.0. The van der Waals surface area contributed by atoms with Gasteiger partial charge in [0, 0.05) is 26.2 Å². The molecular weight excluding hydrogens is 296 g/mol. The summed E-state index contributed by atoms with van der Waals surface area (Å²) in [6, 6.07) is -0.243. The number of aromatic nitrogens is 4. The van der Waals surface area contributed by atoms with Crippen molar-refractivity contribution in [2.45, 2.75) is 47.2 Å². The van der Waals surface area contributed by atoms with Gasteiger partial charge in [0.25, 0.3) is 0 Å². The number of nitrogens with one attached hydrogen (secondary N) is 1. The van der Waals surface area contributed by atoms with Crippen molar-refractivity contribution in [2.75, 3.05) is 12.4 Å². The molecule has 8 nitrogen and oxygen atoms in total. The quantitative estimate of drug-likeness (QED) is 0.883. The van der Waals surface area contributed by atoms with Crippen LogP contribution in [0.2, 0.25) is 0 Å². The van der Waals surface area contributed by atoms with Gasteiger partial charge in [0.1, 0.15) is 6.54 Å². The molecule has 126 valence electrons. The molecule has 2 amide bonds. The Labute approximate surface area is 135 Å². The Kier molecular flexibility index (Phi) is 5.36. The smallest absolute Gasteiger partial charge is 0.322 e. The van der Waals surface area contributed by atoms with Gasteiger partial charge in [-0.25, -0.2) is 4.79 Å². The van der Waals surface area contributed by atoms with E-state index in [4.69, 9.17) is 4.52 Å². The third-order valence-corrected chi connectivity index (χ3v) is 3.33. The SMILES string of the molecule is CCn1cc(NC(=O)N(C)Cc2nc(CC(C)C)no2)c(C)n1. The largest absolute Gasteiger partial charge is 0.337 e. The fourth-order valence-electron chi connectivity index (χ4n) is 2.09. The van der Waals surface area contributed by atoms with Gasteiger partial charge in [-0.1, -0.05) is 19.0 Å². The molecule has 0 spiro atoms. The summed E-state index contributed by atoms with van der Waals surface area (Å²) in [7, 11) is 1.68. The van der Waals surface area contributed by atoms with Gasteiger partial charge in [-0.2, -0.15) is 10.1 Å². The van der Waals surface area contributed by atoms with Crippen LogP contribution < -0.4 is 5.32 Å². The zero-order valence-electron chi connectivity index (χ0n) is 14.3. The Bertz CT molecular complexity index is 661. The van der Waals surface area contributed by atoms with Gasteiger partial charge in [-0.05, 0) is 19.8 Å². The summed E-state index contributed by atoms with van der Waals surface area (Å²) < 4.78 is 6.96. The fourth-order valence-corrected chi connectivity index (χ4v) is 2.09. The first-order valence-corrected chi connectivity index (χ1v) is 7.76. The second-order valence-corrected chi connectivity index (χ2v) is 5.97. The average molecular weight is 320 g/mol. The first kappa shape index (κ1) is 17.0. The molecule has 0 aliphatic heterocycles. The molecule has 2 aromatic heterocycles. The molecule has 0 saturated heterocycles. The number of hydrogen-bond donors (Lipinski definition) is 1. The van der Waals surface area contributed by atoms with E-state index in [1.807, 2.05) is 20.0 Å². The van der Waals surface area contributed by atoms with Crippen LogP contribution in [0.15, 0.2) is 10.7 Å². The van der Waals surface area contributed by atoms with Crippen LogP contribution in [0.25, 0.3) is 0 Å². The maximum atomic E-state index is 12.2. The molecule has 23 heavy (non-hydrogen) atoms. The lowest BCUT2D eigenvalue weighted by molar-refractivity contribution is 0.213. The van der Waals surface area contributed by atoms with Gasteiger partial charge in [-0.3, -0.25) is 4.68 Å². The summed E-state index contributed by atoms with van der Waals surface area (Å²) in [5, 5.41) is 11.1. The molecule has 2 aromatic rings. The molecule has 2 rings (SSSR count). The molecule has 0 radical (unpaired) electrons. The second-order valence-electron chi connectivity index (χ2n) is 5.97. The number of carbonyl (C=O) groups excluding carboxylic acids is 1. The molecule has 8 heteroatoms. The number of urea groups is 1. The van der Waals surface area contributed by atoms with E-state index in [0.717, 1.165) is 18.7 Å². The molecular formula is C15H24N6O2. The number of aryl methyl sites for hydroxylation is 2. The van der Waals surface area contributed by atoms with E-state index in [1.165, 1.54) is 4.90 Å². The minimum absolute atomic E-state index is 0.243. The predicted molar refractivity (Wildman–Crippen MR) is 86.0 cm³/mol. The Balaban J connectivity index is 1.94. The Hall–Kier alpha value is -2.38. The summed E-state index contributed by atoms with van der Waals surface area (Å²) in [6.45, 7) is 9.06. The fraction of sp³-hybridized carbons (Fsp3) is 0.600. The Morgan fingerprint density at radius 2 is 2.22 bits per heavy atom. The van der Waals surface area contributed by atoms with E-state index in [9.17, 15) is 4.79 Å². The van der Waals surface area contributed by atoms with E-state index < -0.39 is 0 Å². The highest BCUT2D eigenvalue weighted by Gasteiger charge is 2.16. The van der Waals surface area contributed by atoms with Crippen LogP contribution in [0.4, 0.5) is 10.5 Å². The Morgan fingerprint density at radius 1 is 1.48 bits per heavy atom. The van der Waals surface area contributed by atoms with Crippen LogP contribution in [-0.4, -0.2) is 37.9 Å². The zero-order valence-corrected chi connectivity index (χ0v) is 14.3. The van der Waals surface area contributed by atoms with Gasteiger partial charge >= 0.3 is 6.03 Å².